The van der Waals surface area contributed by atoms with E-state index >= 15 is 0 Å². The standard InChI is InChI=1S/C12H9F3O2/c13-12(14,15)9-4-1-3-8(7-9)11-10(17-11)5-2-6-16/h1-7,10-11H/t10-,11-/m1/s1. The van der Waals surface area contributed by atoms with E-state index in [0.717, 1.165) is 12.1 Å². The first-order chi connectivity index (χ1) is 8.02. The molecule has 2 nitrogen and oxygen atoms in total. The molecule has 1 aliphatic heterocycles. The number of ether oxygens (including phenoxy) is 1. The Bertz CT molecular complexity index is 451. The fraction of sp³-hybridized carbons (Fsp3) is 0.250. The Morgan fingerprint density at radius 1 is 1.29 bits per heavy atom. The summed E-state index contributed by atoms with van der Waals surface area (Å²) in [5.74, 6) is 0. The number of epoxide rings is 1. The number of benzene rings is 1. The monoisotopic (exact) mass is 242 g/mol. The highest BCUT2D eigenvalue weighted by atomic mass is 19.4. The summed E-state index contributed by atoms with van der Waals surface area (Å²) in [6.07, 6.45) is -1.63. The van der Waals surface area contributed by atoms with Crippen LogP contribution < -0.4 is 0 Å². The van der Waals surface area contributed by atoms with Gasteiger partial charge in [0.05, 0.1) is 5.56 Å². The lowest BCUT2D eigenvalue weighted by Gasteiger charge is -2.07. The molecule has 0 bridgehead atoms. The van der Waals surface area contributed by atoms with Gasteiger partial charge < -0.3 is 4.74 Å². The van der Waals surface area contributed by atoms with Crippen LogP contribution in [0.4, 0.5) is 13.2 Å². The van der Waals surface area contributed by atoms with Gasteiger partial charge in [0, 0.05) is 0 Å². The lowest BCUT2D eigenvalue weighted by atomic mass is 10.1. The summed E-state index contributed by atoms with van der Waals surface area (Å²) in [7, 11) is 0. The van der Waals surface area contributed by atoms with Crippen molar-refractivity contribution in [1.29, 1.82) is 0 Å². The van der Waals surface area contributed by atoms with E-state index in [0.29, 0.717) is 11.8 Å². The van der Waals surface area contributed by atoms with Crippen LogP contribution >= 0.6 is 0 Å². The number of carbonyl (C=O) groups is 1. The smallest absolute Gasteiger partial charge is 0.360 e. The maximum Gasteiger partial charge on any atom is 0.416 e. The molecular weight excluding hydrogens is 233 g/mol. The molecule has 5 heteroatoms. The lowest BCUT2D eigenvalue weighted by molar-refractivity contribution is -0.137. The normalized spacial score (nSPS) is 23.9. The van der Waals surface area contributed by atoms with E-state index in [2.05, 4.69) is 0 Å². The average Bonchev–Trinajstić information content (AvgIpc) is 3.05. The Labute approximate surface area is 95.7 Å². The molecule has 1 aliphatic rings. The molecule has 90 valence electrons. The predicted octanol–water partition coefficient (Wildman–Crippen LogP) is 2.90. The van der Waals surface area contributed by atoms with Crippen molar-refractivity contribution in [2.24, 2.45) is 0 Å². The van der Waals surface area contributed by atoms with E-state index in [9.17, 15) is 18.0 Å². The molecule has 1 saturated heterocycles. The zero-order valence-electron chi connectivity index (χ0n) is 8.65. The summed E-state index contributed by atoms with van der Waals surface area (Å²) < 4.78 is 42.5. The quantitative estimate of drug-likeness (QED) is 0.463. The van der Waals surface area contributed by atoms with Crippen molar-refractivity contribution in [2.45, 2.75) is 18.4 Å². The second-order valence-electron chi connectivity index (χ2n) is 3.67. The van der Waals surface area contributed by atoms with Gasteiger partial charge >= 0.3 is 6.18 Å². The second kappa shape index (κ2) is 4.33. The Hall–Kier alpha value is -1.62. The number of hydrogen-bond donors (Lipinski definition) is 0. The van der Waals surface area contributed by atoms with Crippen molar-refractivity contribution >= 4 is 6.29 Å². The van der Waals surface area contributed by atoms with E-state index < -0.39 is 11.7 Å². The number of rotatable bonds is 3. The predicted molar refractivity (Wildman–Crippen MR) is 54.3 cm³/mol. The van der Waals surface area contributed by atoms with E-state index in [4.69, 9.17) is 4.74 Å². The van der Waals surface area contributed by atoms with E-state index in [1.807, 2.05) is 0 Å². The van der Waals surface area contributed by atoms with Gasteiger partial charge in [-0.1, -0.05) is 12.1 Å². The van der Waals surface area contributed by atoms with Crippen molar-refractivity contribution < 1.29 is 22.7 Å². The molecule has 1 aromatic rings. The number of alkyl halides is 3. The number of carbonyl (C=O) groups excluding carboxylic acids is 1. The van der Waals surface area contributed by atoms with Gasteiger partial charge in [-0.25, -0.2) is 0 Å². The maximum atomic E-state index is 12.5. The van der Waals surface area contributed by atoms with Gasteiger partial charge in [-0.05, 0) is 29.8 Å². The average molecular weight is 242 g/mol. The molecule has 2 atom stereocenters. The summed E-state index contributed by atoms with van der Waals surface area (Å²) in [5.41, 5.74) is -0.219. The minimum absolute atomic E-state index is 0.302. The highest BCUT2D eigenvalue weighted by molar-refractivity contribution is 5.65. The van der Waals surface area contributed by atoms with Crippen LogP contribution in [-0.4, -0.2) is 12.4 Å². The summed E-state index contributed by atoms with van der Waals surface area (Å²) >= 11 is 0. The van der Waals surface area contributed by atoms with Crippen molar-refractivity contribution in [2.75, 3.05) is 0 Å². The van der Waals surface area contributed by atoms with Crippen molar-refractivity contribution in [3.63, 3.8) is 0 Å². The molecule has 0 aromatic heterocycles. The molecule has 0 N–H and O–H groups in total. The molecule has 2 rings (SSSR count). The summed E-state index contributed by atoms with van der Waals surface area (Å²) in [6, 6.07) is 5.01. The summed E-state index contributed by atoms with van der Waals surface area (Å²) in [6.45, 7) is 0. The van der Waals surface area contributed by atoms with Crippen LogP contribution in [0.3, 0.4) is 0 Å². The Kier molecular flexibility index (Phi) is 3.02. The number of aldehydes is 1. The third-order valence-corrected chi connectivity index (χ3v) is 2.45. The molecule has 0 unspecified atom stereocenters. The van der Waals surface area contributed by atoms with Crippen LogP contribution in [-0.2, 0) is 15.7 Å². The molecule has 1 aromatic carbocycles. The first-order valence-electron chi connectivity index (χ1n) is 4.97. The summed E-state index contributed by atoms with van der Waals surface area (Å²) in [4.78, 5) is 10.1. The minimum Gasteiger partial charge on any atom is -0.360 e. The van der Waals surface area contributed by atoms with Gasteiger partial charge in [0.2, 0.25) is 0 Å². The number of allylic oxidation sites excluding steroid dienone is 1. The van der Waals surface area contributed by atoms with Gasteiger partial charge in [-0.2, -0.15) is 13.2 Å². The zero-order valence-corrected chi connectivity index (χ0v) is 8.65. The number of hydrogen-bond acceptors (Lipinski definition) is 2. The Morgan fingerprint density at radius 3 is 2.71 bits per heavy atom. The fourth-order valence-corrected chi connectivity index (χ4v) is 1.59. The maximum absolute atomic E-state index is 12.5. The van der Waals surface area contributed by atoms with Crippen molar-refractivity contribution in [3.8, 4) is 0 Å². The lowest BCUT2D eigenvalue weighted by Crippen LogP contribution is -2.05. The third-order valence-electron chi connectivity index (χ3n) is 2.45. The second-order valence-corrected chi connectivity index (χ2v) is 3.67. The van der Waals surface area contributed by atoms with Gasteiger partial charge in [0.1, 0.15) is 18.5 Å². The van der Waals surface area contributed by atoms with E-state index in [1.165, 1.54) is 18.2 Å². The highest BCUT2D eigenvalue weighted by Crippen LogP contribution is 2.41. The van der Waals surface area contributed by atoms with Crippen LogP contribution in [0.1, 0.15) is 17.2 Å². The minimum atomic E-state index is -4.35. The largest absolute Gasteiger partial charge is 0.416 e. The van der Waals surface area contributed by atoms with Gasteiger partial charge in [0.15, 0.2) is 0 Å². The third kappa shape index (κ3) is 2.74. The molecule has 1 fully saturated rings. The van der Waals surface area contributed by atoms with Crippen molar-refractivity contribution in [3.05, 3.63) is 47.5 Å². The molecule has 0 amide bonds. The molecule has 0 radical (unpaired) electrons. The van der Waals surface area contributed by atoms with Crippen molar-refractivity contribution in [1.82, 2.24) is 0 Å². The Balaban J connectivity index is 2.14. The first kappa shape index (κ1) is 11.9. The Morgan fingerprint density at radius 2 is 2.06 bits per heavy atom. The number of halogens is 3. The fourth-order valence-electron chi connectivity index (χ4n) is 1.59. The zero-order chi connectivity index (χ0) is 12.5. The van der Waals surface area contributed by atoms with Crippen LogP contribution in [0.2, 0.25) is 0 Å². The first-order valence-corrected chi connectivity index (χ1v) is 4.97. The van der Waals surface area contributed by atoms with Crippen LogP contribution in [0.5, 0.6) is 0 Å². The van der Waals surface area contributed by atoms with Gasteiger partial charge in [0.25, 0.3) is 0 Å². The van der Waals surface area contributed by atoms with Crippen LogP contribution in [0.25, 0.3) is 0 Å². The summed E-state index contributed by atoms with van der Waals surface area (Å²) in [5, 5.41) is 0. The van der Waals surface area contributed by atoms with Gasteiger partial charge in [-0.15, -0.1) is 0 Å². The van der Waals surface area contributed by atoms with Gasteiger partial charge in [-0.3, -0.25) is 4.79 Å². The molecule has 0 saturated carbocycles. The molecule has 17 heavy (non-hydrogen) atoms. The molecule has 0 spiro atoms. The van der Waals surface area contributed by atoms with Crippen LogP contribution in [0.15, 0.2) is 36.4 Å². The molecule has 0 aliphatic carbocycles. The van der Waals surface area contributed by atoms with E-state index in [-0.39, 0.29) is 12.2 Å². The van der Waals surface area contributed by atoms with E-state index in [1.54, 1.807) is 6.07 Å². The highest BCUT2D eigenvalue weighted by Gasteiger charge is 2.39. The SMILES string of the molecule is O=CC=C[C@H]1O[C@@H]1c1cccc(C(F)(F)F)c1. The molecular formula is C12H9F3O2. The molecule has 1 heterocycles. The topological polar surface area (TPSA) is 29.6 Å². The van der Waals surface area contributed by atoms with Crippen LogP contribution in [0, 0.1) is 0 Å².